The fourth-order valence-corrected chi connectivity index (χ4v) is 2.13. The maximum absolute atomic E-state index is 12.1. The van der Waals surface area contributed by atoms with E-state index in [0.29, 0.717) is 16.7 Å². The van der Waals surface area contributed by atoms with Crippen molar-refractivity contribution in [2.75, 3.05) is 0 Å². The molecule has 1 heterocycles. The third kappa shape index (κ3) is 4.93. The Morgan fingerprint density at radius 3 is 2.54 bits per heavy atom. The van der Waals surface area contributed by atoms with E-state index in [9.17, 15) is 4.79 Å². The fourth-order valence-electron chi connectivity index (χ4n) is 2.01. The molecule has 2 rings (SSSR count). The summed E-state index contributed by atoms with van der Waals surface area (Å²) in [5.74, 6) is 0.672. The van der Waals surface area contributed by atoms with E-state index in [2.05, 4.69) is 15.5 Å². The minimum atomic E-state index is -0.551. The average molecular weight is 373 g/mol. The predicted molar refractivity (Wildman–Crippen MR) is 96.0 cm³/mol. The second-order valence-corrected chi connectivity index (χ2v) is 6.04. The van der Waals surface area contributed by atoms with Gasteiger partial charge in [0, 0.05) is 10.6 Å². The van der Waals surface area contributed by atoms with Crippen molar-refractivity contribution in [1.82, 2.24) is 15.5 Å². The molecule has 0 spiro atoms. The highest BCUT2D eigenvalue weighted by Crippen LogP contribution is 2.21. The fraction of sp³-hybridized carbons (Fsp3) is 0.438. The van der Waals surface area contributed by atoms with E-state index in [1.165, 1.54) is 0 Å². The molecule has 6 nitrogen and oxygen atoms in total. The van der Waals surface area contributed by atoms with Crippen LogP contribution >= 0.6 is 24.0 Å². The van der Waals surface area contributed by atoms with Crippen molar-refractivity contribution in [3.05, 3.63) is 35.1 Å². The van der Waals surface area contributed by atoms with Gasteiger partial charge in [-0.1, -0.05) is 37.0 Å². The molecule has 0 bridgehead atoms. The van der Waals surface area contributed by atoms with E-state index in [0.717, 1.165) is 12.0 Å². The summed E-state index contributed by atoms with van der Waals surface area (Å²) in [5, 5.41) is 7.37. The van der Waals surface area contributed by atoms with Crippen LogP contribution in [0.25, 0.3) is 11.5 Å². The molecule has 0 radical (unpaired) electrons. The summed E-state index contributed by atoms with van der Waals surface area (Å²) in [6, 6.07) is 6.14. The highest BCUT2D eigenvalue weighted by molar-refractivity contribution is 6.30. The van der Waals surface area contributed by atoms with Gasteiger partial charge in [0.15, 0.2) is 5.82 Å². The van der Waals surface area contributed by atoms with E-state index in [4.69, 9.17) is 21.9 Å². The Morgan fingerprint density at radius 1 is 1.33 bits per heavy atom. The molecular formula is C16H22Cl2N4O2. The first kappa shape index (κ1) is 20.4. The number of hydrogen-bond donors (Lipinski definition) is 2. The summed E-state index contributed by atoms with van der Waals surface area (Å²) in [7, 11) is 0. The molecule has 3 atom stereocenters. The Morgan fingerprint density at radius 2 is 1.96 bits per heavy atom. The van der Waals surface area contributed by atoms with E-state index in [1.807, 2.05) is 13.8 Å². The van der Waals surface area contributed by atoms with Gasteiger partial charge in [-0.15, -0.1) is 12.4 Å². The highest BCUT2D eigenvalue weighted by atomic mass is 35.5. The molecule has 0 aliphatic carbocycles. The lowest BCUT2D eigenvalue weighted by molar-refractivity contribution is -0.124. The zero-order chi connectivity index (χ0) is 17.0. The average Bonchev–Trinajstić information content (AvgIpc) is 3.04. The quantitative estimate of drug-likeness (QED) is 0.810. The monoisotopic (exact) mass is 372 g/mol. The van der Waals surface area contributed by atoms with Crippen molar-refractivity contribution in [2.24, 2.45) is 11.7 Å². The van der Waals surface area contributed by atoms with E-state index in [1.54, 1.807) is 31.2 Å². The molecule has 1 aromatic heterocycles. The highest BCUT2D eigenvalue weighted by Gasteiger charge is 2.23. The third-order valence-electron chi connectivity index (χ3n) is 3.84. The zero-order valence-corrected chi connectivity index (χ0v) is 15.4. The molecule has 3 unspecified atom stereocenters. The van der Waals surface area contributed by atoms with Crippen LogP contribution in [-0.4, -0.2) is 22.1 Å². The topological polar surface area (TPSA) is 94.0 Å². The van der Waals surface area contributed by atoms with Gasteiger partial charge >= 0.3 is 0 Å². The van der Waals surface area contributed by atoms with Crippen molar-refractivity contribution >= 4 is 29.9 Å². The first-order chi connectivity index (χ1) is 10.9. The van der Waals surface area contributed by atoms with Crippen LogP contribution in [0.2, 0.25) is 5.02 Å². The maximum atomic E-state index is 12.1. The van der Waals surface area contributed by atoms with Gasteiger partial charge in [-0.2, -0.15) is 4.98 Å². The summed E-state index contributed by atoms with van der Waals surface area (Å²) in [4.78, 5) is 16.4. The van der Waals surface area contributed by atoms with Gasteiger partial charge < -0.3 is 15.6 Å². The van der Waals surface area contributed by atoms with E-state index >= 15 is 0 Å². The Labute approximate surface area is 152 Å². The lowest BCUT2D eigenvalue weighted by Gasteiger charge is -2.19. The molecule has 3 N–H and O–H groups in total. The van der Waals surface area contributed by atoms with Crippen LogP contribution < -0.4 is 11.1 Å². The van der Waals surface area contributed by atoms with Gasteiger partial charge in [0.25, 0.3) is 5.89 Å². The van der Waals surface area contributed by atoms with Crippen molar-refractivity contribution < 1.29 is 9.32 Å². The second kappa shape index (κ2) is 9.01. The SMILES string of the molecule is CCC(C)C(N)C(=O)NC(C)c1noc(-c2ccc(Cl)cc2)n1.Cl. The second-order valence-electron chi connectivity index (χ2n) is 5.61. The normalized spacial score (nSPS) is 14.4. The molecule has 1 aromatic carbocycles. The van der Waals surface area contributed by atoms with Gasteiger partial charge in [0.1, 0.15) is 0 Å². The summed E-state index contributed by atoms with van der Waals surface area (Å²) >= 11 is 5.85. The number of benzene rings is 1. The van der Waals surface area contributed by atoms with Gasteiger partial charge in [0.05, 0.1) is 12.1 Å². The zero-order valence-electron chi connectivity index (χ0n) is 13.8. The molecule has 8 heteroatoms. The number of aromatic nitrogens is 2. The Hall–Kier alpha value is -1.63. The number of rotatable bonds is 6. The minimum Gasteiger partial charge on any atom is -0.345 e. The summed E-state index contributed by atoms with van der Waals surface area (Å²) in [6.07, 6.45) is 0.839. The minimum absolute atomic E-state index is 0. The van der Waals surface area contributed by atoms with Crippen molar-refractivity contribution in [3.8, 4) is 11.5 Å². The molecule has 132 valence electrons. The van der Waals surface area contributed by atoms with Crippen LogP contribution in [0.3, 0.4) is 0 Å². The number of nitrogens with zero attached hydrogens (tertiary/aromatic N) is 2. The van der Waals surface area contributed by atoms with Crippen molar-refractivity contribution in [2.45, 2.75) is 39.3 Å². The molecule has 0 aliphatic heterocycles. The van der Waals surface area contributed by atoms with Gasteiger partial charge in [-0.25, -0.2) is 0 Å². The predicted octanol–water partition coefficient (Wildman–Crippen LogP) is 3.36. The summed E-state index contributed by atoms with van der Waals surface area (Å²) in [6.45, 7) is 5.73. The third-order valence-corrected chi connectivity index (χ3v) is 4.09. The molecular weight excluding hydrogens is 351 g/mol. The van der Waals surface area contributed by atoms with E-state index in [-0.39, 0.29) is 30.3 Å². The first-order valence-electron chi connectivity index (χ1n) is 7.57. The van der Waals surface area contributed by atoms with Gasteiger partial charge in [-0.3, -0.25) is 4.79 Å². The number of amides is 1. The number of nitrogens with two attached hydrogens (primary N) is 1. The maximum Gasteiger partial charge on any atom is 0.257 e. The number of carbonyl (C=O) groups is 1. The van der Waals surface area contributed by atoms with Crippen molar-refractivity contribution in [1.29, 1.82) is 0 Å². The van der Waals surface area contributed by atoms with Crippen LogP contribution in [0.5, 0.6) is 0 Å². The standard InChI is InChI=1S/C16H21ClN4O2.ClH/c1-4-9(2)13(18)15(22)19-10(3)14-20-16(23-21-14)11-5-7-12(17)8-6-11;/h5-10,13H,4,18H2,1-3H3,(H,19,22);1H. The van der Waals surface area contributed by atoms with Crippen LogP contribution in [0, 0.1) is 5.92 Å². The van der Waals surface area contributed by atoms with Gasteiger partial charge in [-0.05, 0) is 37.1 Å². The molecule has 0 aliphatic rings. The van der Waals surface area contributed by atoms with Crippen LogP contribution in [0.1, 0.15) is 39.1 Å². The van der Waals surface area contributed by atoms with Crippen LogP contribution in [-0.2, 0) is 4.79 Å². The molecule has 0 saturated carbocycles. The number of carbonyl (C=O) groups excluding carboxylic acids is 1. The number of nitrogens with one attached hydrogen (secondary N) is 1. The Balaban J connectivity index is 0.00000288. The first-order valence-corrected chi connectivity index (χ1v) is 7.95. The number of hydrogen-bond acceptors (Lipinski definition) is 5. The lowest BCUT2D eigenvalue weighted by atomic mass is 9.99. The summed E-state index contributed by atoms with van der Waals surface area (Å²) in [5.41, 5.74) is 6.69. The molecule has 0 fully saturated rings. The lowest BCUT2D eigenvalue weighted by Crippen LogP contribution is -2.45. The molecule has 1 amide bonds. The Bertz CT molecular complexity index is 660. The smallest absolute Gasteiger partial charge is 0.257 e. The Kier molecular flexibility index (Phi) is 7.66. The molecule has 2 aromatic rings. The van der Waals surface area contributed by atoms with Crippen LogP contribution in [0.15, 0.2) is 28.8 Å². The molecule has 24 heavy (non-hydrogen) atoms. The van der Waals surface area contributed by atoms with Crippen LogP contribution in [0.4, 0.5) is 0 Å². The number of halogens is 2. The largest absolute Gasteiger partial charge is 0.345 e. The van der Waals surface area contributed by atoms with Crippen molar-refractivity contribution in [3.63, 3.8) is 0 Å². The molecule has 0 saturated heterocycles. The van der Waals surface area contributed by atoms with E-state index < -0.39 is 6.04 Å². The summed E-state index contributed by atoms with van der Waals surface area (Å²) < 4.78 is 5.24. The van der Waals surface area contributed by atoms with Gasteiger partial charge in [0.2, 0.25) is 5.91 Å².